The van der Waals surface area contributed by atoms with Crippen molar-refractivity contribution in [1.29, 1.82) is 0 Å². The van der Waals surface area contributed by atoms with Crippen molar-refractivity contribution in [2.75, 3.05) is 5.32 Å². The Labute approximate surface area is 99.9 Å². The molecule has 0 saturated carbocycles. The molecule has 0 unspecified atom stereocenters. The third-order valence-electron chi connectivity index (χ3n) is 2.07. The highest BCUT2D eigenvalue weighted by molar-refractivity contribution is 7.14. The molecule has 0 aliphatic heterocycles. The second kappa shape index (κ2) is 4.38. The van der Waals surface area contributed by atoms with Gasteiger partial charge in [-0.05, 0) is 18.4 Å². The number of carboxylic acids is 1. The second-order valence-electron chi connectivity index (χ2n) is 3.19. The number of thiophene rings is 1. The lowest BCUT2D eigenvalue weighted by Crippen LogP contribution is -2.13. The molecule has 0 saturated heterocycles. The first-order chi connectivity index (χ1) is 8.09. The Bertz CT molecular complexity index is 572. The molecule has 7 heteroatoms. The molecule has 2 heterocycles. The highest BCUT2D eigenvalue weighted by Crippen LogP contribution is 2.24. The summed E-state index contributed by atoms with van der Waals surface area (Å²) < 4.78 is 4.91. The molecule has 0 aliphatic rings. The van der Waals surface area contributed by atoms with Crippen molar-refractivity contribution in [2.45, 2.75) is 6.92 Å². The molecular weight excluding hydrogens is 244 g/mol. The predicted octanol–water partition coefficient (Wildman–Crippen LogP) is 2.00. The SMILES string of the molecule is Cc1ncoc1C(=O)Nc1sccc1C(=O)O. The van der Waals surface area contributed by atoms with Gasteiger partial charge in [-0.3, -0.25) is 4.79 Å². The summed E-state index contributed by atoms with van der Waals surface area (Å²) in [6, 6.07) is 1.43. The summed E-state index contributed by atoms with van der Waals surface area (Å²) in [6.45, 7) is 1.63. The van der Waals surface area contributed by atoms with E-state index in [9.17, 15) is 9.59 Å². The number of carbonyl (C=O) groups excluding carboxylic acids is 1. The molecule has 2 rings (SSSR count). The molecule has 0 fully saturated rings. The molecule has 2 aromatic rings. The normalized spacial score (nSPS) is 10.2. The zero-order valence-electron chi connectivity index (χ0n) is 8.76. The first kappa shape index (κ1) is 11.3. The van der Waals surface area contributed by atoms with Gasteiger partial charge in [0, 0.05) is 0 Å². The van der Waals surface area contributed by atoms with Gasteiger partial charge in [-0.2, -0.15) is 0 Å². The number of rotatable bonds is 3. The molecule has 0 aromatic carbocycles. The van der Waals surface area contributed by atoms with E-state index < -0.39 is 11.9 Å². The van der Waals surface area contributed by atoms with Crippen LogP contribution in [0.4, 0.5) is 5.00 Å². The summed E-state index contributed by atoms with van der Waals surface area (Å²) in [5.74, 6) is -1.52. The number of oxazole rings is 1. The van der Waals surface area contributed by atoms with Crippen LogP contribution in [0.2, 0.25) is 0 Å². The van der Waals surface area contributed by atoms with Crippen LogP contribution in [0.25, 0.3) is 0 Å². The van der Waals surface area contributed by atoms with E-state index in [0.717, 1.165) is 17.7 Å². The Hall–Kier alpha value is -2.15. The summed E-state index contributed by atoms with van der Waals surface area (Å²) in [4.78, 5) is 26.4. The molecule has 1 amide bonds. The van der Waals surface area contributed by atoms with Gasteiger partial charge in [0.2, 0.25) is 5.76 Å². The lowest BCUT2D eigenvalue weighted by molar-refractivity contribution is 0.0698. The number of aromatic carboxylic acids is 1. The van der Waals surface area contributed by atoms with Gasteiger partial charge in [-0.1, -0.05) is 0 Å². The molecule has 88 valence electrons. The molecule has 0 bridgehead atoms. The van der Waals surface area contributed by atoms with Crippen LogP contribution < -0.4 is 5.32 Å². The maximum absolute atomic E-state index is 11.7. The smallest absolute Gasteiger partial charge is 0.338 e. The highest BCUT2D eigenvalue weighted by Gasteiger charge is 2.18. The average Bonchev–Trinajstić information content (AvgIpc) is 2.86. The zero-order valence-corrected chi connectivity index (χ0v) is 9.58. The standard InChI is InChI=1S/C10H8N2O4S/c1-5-7(16-4-11-5)8(13)12-9-6(10(14)15)2-3-17-9/h2-4H,1H3,(H,12,13)(H,14,15). The molecule has 2 aromatic heterocycles. The minimum absolute atomic E-state index is 0.0560. The Morgan fingerprint density at radius 3 is 2.88 bits per heavy atom. The van der Waals surface area contributed by atoms with Crippen LogP contribution in [0.3, 0.4) is 0 Å². The lowest BCUT2D eigenvalue weighted by Gasteiger charge is -2.01. The molecule has 17 heavy (non-hydrogen) atoms. The van der Waals surface area contributed by atoms with Gasteiger partial charge in [-0.15, -0.1) is 11.3 Å². The molecule has 0 radical (unpaired) electrons. The number of aryl methyl sites for hydroxylation is 1. The number of anilines is 1. The summed E-state index contributed by atoms with van der Waals surface area (Å²) in [6.07, 6.45) is 1.16. The number of amides is 1. The van der Waals surface area contributed by atoms with Crippen molar-refractivity contribution in [1.82, 2.24) is 4.98 Å². The van der Waals surface area contributed by atoms with Gasteiger partial charge in [0.15, 0.2) is 6.39 Å². The van der Waals surface area contributed by atoms with E-state index in [1.165, 1.54) is 6.07 Å². The van der Waals surface area contributed by atoms with E-state index in [1.807, 2.05) is 0 Å². The summed E-state index contributed by atoms with van der Waals surface area (Å²) >= 11 is 1.13. The fourth-order valence-corrected chi connectivity index (χ4v) is 2.03. The Morgan fingerprint density at radius 1 is 1.53 bits per heavy atom. The fraction of sp³-hybridized carbons (Fsp3) is 0.100. The first-order valence-corrected chi connectivity index (χ1v) is 5.49. The minimum Gasteiger partial charge on any atom is -0.478 e. The molecule has 2 N–H and O–H groups in total. The lowest BCUT2D eigenvalue weighted by atomic mass is 10.3. The number of carbonyl (C=O) groups is 2. The molecule has 0 atom stereocenters. The van der Waals surface area contributed by atoms with E-state index in [0.29, 0.717) is 5.69 Å². The van der Waals surface area contributed by atoms with Crippen molar-refractivity contribution < 1.29 is 19.1 Å². The third kappa shape index (κ3) is 2.18. The number of nitrogens with one attached hydrogen (secondary N) is 1. The van der Waals surface area contributed by atoms with Gasteiger partial charge < -0.3 is 14.8 Å². The summed E-state index contributed by atoms with van der Waals surface area (Å²) in [5, 5.41) is 13.2. The molecule has 0 aliphatic carbocycles. The van der Waals surface area contributed by atoms with Gasteiger partial charge in [0.1, 0.15) is 5.00 Å². The van der Waals surface area contributed by atoms with Crippen molar-refractivity contribution in [2.24, 2.45) is 0 Å². The first-order valence-electron chi connectivity index (χ1n) is 4.62. The predicted molar refractivity (Wildman–Crippen MR) is 60.5 cm³/mol. The van der Waals surface area contributed by atoms with E-state index in [4.69, 9.17) is 9.52 Å². The molecule has 0 spiro atoms. The zero-order chi connectivity index (χ0) is 12.4. The summed E-state index contributed by atoms with van der Waals surface area (Å²) in [7, 11) is 0. The number of hydrogen-bond donors (Lipinski definition) is 2. The number of hydrogen-bond acceptors (Lipinski definition) is 5. The number of nitrogens with zero attached hydrogens (tertiary/aromatic N) is 1. The number of carboxylic acid groups (broad SMARTS) is 1. The maximum atomic E-state index is 11.7. The van der Waals surface area contributed by atoms with E-state index in [1.54, 1.807) is 12.3 Å². The Morgan fingerprint density at radius 2 is 2.29 bits per heavy atom. The maximum Gasteiger partial charge on any atom is 0.338 e. The minimum atomic E-state index is -1.09. The molecule has 6 nitrogen and oxygen atoms in total. The fourth-order valence-electron chi connectivity index (χ4n) is 1.25. The van der Waals surface area contributed by atoms with Gasteiger partial charge >= 0.3 is 5.97 Å². The highest BCUT2D eigenvalue weighted by atomic mass is 32.1. The van der Waals surface area contributed by atoms with Gasteiger partial charge in [0.05, 0.1) is 11.3 Å². The third-order valence-corrected chi connectivity index (χ3v) is 2.90. The Balaban J connectivity index is 2.22. The van der Waals surface area contributed by atoms with Crippen LogP contribution in [0.15, 0.2) is 22.3 Å². The second-order valence-corrected chi connectivity index (χ2v) is 4.11. The van der Waals surface area contributed by atoms with Crippen LogP contribution in [-0.4, -0.2) is 22.0 Å². The van der Waals surface area contributed by atoms with Gasteiger partial charge in [0.25, 0.3) is 5.91 Å². The Kier molecular flexibility index (Phi) is 2.92. The summed E-state index contributed by atoms with van der Waals surface area (Å²) in [5.41, 5.74) is 0.511. The van der Waals surface area contributed by atoms with Crippen LogP contribution >= 0.6 is 11.3 Å². The van der Waals surface area contributed by atoms with Crippen molar-refractivity contribution in [3.63, 3.8) is 0 Å². The average molecular weight is 252 g/mol. The van der Waals surface area contributed by atoms with Crippen molar-refractivity contribution in [3.8, 4) is 0 Å². The largest absolute Gasteiger partial charge is 0.478 e. The van der Waals surface area contributed by atoms with E-state index in [-0.39, 0.29) is 16.3 Å². The van der Waals surface area contributed by atoms with Crippen LogP contribution in [0.5, 0.6) is 0 Å². The van der Waals surface area contributed by atoms with Crippen molar-refractivity contribution in [3.05, 3.63) is 34.9 Å². The van der Waals surface area contributed by atoms with E-state index in [2.05, 4.69) is 10.3 Å². The van der Waals surface area contributed by atoms with E-state index >= 15 is 0 Å². The van der Waals surface area contributed by atoms with Crippen molar-refractivity contribution >= 4 is 28.2 Å². The van der Waals surface area contributed by atoms with Crippen LogP contribution in [0.1, 0.15) is 26.6 Å². The topological polar surface area (TPSA) is 92.4 Å². The van der Waals surface area contributed by atoms with Crippen LogP contribution in [-0.2, 0) is 0 Å². The van der Waals surface area contributed by atoms with Gasteiger partial charge in [-0.25, -0.2) is 9.78 Å². The monoisotopic (exact) mass is 252 g/mol. The molecular formula is C10H8N2O4S. The number of aromatic nitrogens is 1. The quantitative estimate of drug-likeness (QED) is 0.871. The van der Waals surface area contributed by atoms with Crippen LogP contribution in [0, 0.1) is 6.92 Å².